The van der Waals surface area contributed by atoms with E-state index in [2.05, 4.69) is 35.1 Å². The van der Waals surface area contributed by atoms with E-state index in [1.807, 2.05) is 13.0 Å². The maximum atomic E-state index is 13.3. The first-order valence-corrected chi connectivity index (χ1v) is 10.7. The van der Waals surface area contributed by atoms with Crippen LogP contribution in [0.3, 0.4) is 0 Å². The fourth-order valence-electron chi connectivity index (χ4n) is 4.36. The van der Waals surface area contributed by atoms with Gasteiger partial charge in [-0.2, -0.15) is 0 Å². The van der Waals surface area contributed by atoms with Crippen molar-refractivity contribution in [2.24, 2.45) is 5.41 Å². The lowest BCUT2D eigenvalue weighted by Gasteiger charge is -2.39. The van der Waals surface area contributed by atoms with Crippen LogP contribution in [0.15, 0.2) is 39.1 Å². The van der Waals surface area contributed by atoms with E-state index >= 15 is 0 Å². The number of esters is 1. The second kappa shape index (κ2) is 8.46. The highest BCUT2D eigenvalue weighted by Crippen LogP contribution is 2.50. The van der Waals surface area contributed by atoms with Gasteiger partial charge >= 0.3 is 5.97 Å². The number of ether oxygens (including phenoxy) is 3. The first-order valence-electron chi connectivity index (χ1n) is 9.96. The number of carbonyl (C=O) groups is 2. The lowest BCUT2D eigenvalue weighted by atomic mass is 9.68. The third-order valence-corrected chi connectivity index (χ3v) is 6.12. The number of methoxy groups -OCH3 is 2. The van der Waals surface area contributed by atoms with Crippen LogP contribution in [-0.2, 0) is 14.3 Å². The number of dihydropyridines is 1. The van der Waals surface area contributed by atoms with E-state index in [-0.39, 0.29) is 17.8 Å². The lowest BCUT2D eigenvalue weighted by molar-refractivity contribution is -0.138. The van der Waals surface area contributed by atoms with Crippen molar-refractivity contribution < 1.29 is 23.8 Å². The minimum atomic E-state index is -0.606. The molecular weight excluding hydrogens is 450 g/mol. The lowest BCUT2D eigenvalue weighted by Crippen LogP contribution is -2.38. The van der Waals surface area contributed by atoms with Gasteiger partial charge in [-0.1, -0.05) is 13.8 Å². The molecule has 1 atom stereocenters. The molecule has 0 radical (unpaired) electrons. The van der Waals surface area contributed by atoms with Crippen LogP contribution in [0.4, 0.5) is 0 Å². The summed E-state index contributed by atoms with van der Waals surface area (Å²) in [6, 6.07) is 3.62. The number of rotatable bonds is 5. The van der Waals surface area contributed by atoms with E-state index in [9.17, 15) is 9.59 Å². The Kier molecular flexibility index (Phi) is 6.32. The number of carbonyl (C=O) groups excluding carboxylic acids is 2. The Morgan fingerprint density at radius 1 is 1.23 bits per heavy atom. The van der Waals surface area contributed by atoms with Gasteiger partial charge in [0.25, 0.3) is 0 Å². The van der Waals surface area contributed by atoms with Crippen LogP contribution in [0, 0.1) is 5.41 Å². The number of allylic oxidation sites excluding steroid dienone is 3. The standard InChI is InChI=1S/C23H28BrNO5/c1-7-30-22(27)18-12(2)25-16-10-23(3,4)11-17(26)20(16)19(18)14-8-13(28-5)9-15(24)21(14)29-6/h8-9,19,25H,7,10-11H2,1-6H3. The second-order valence-electron chi connectivity index (χ2n) is 8.38. The Morgan fingerprint density at radius 2 is 1.93 bits per heavy atom. The minimum absolute atomic E-state index is 0.0223. The van der Waals surface area contributed by atoms with Crippen molar-refractivity contribution in [1.29, 1.82) is 0 Å². The molecule has 1 N–H and O–H groups in total. The minimum Gasteiger partial charge on any atom is -0.497 e. The molecule has 0 amide bonds. The molecule has 0 bridgehead atoms. The van der Waals surface area contributed by atoms with E-state index < -0.39 is 11.9 Å². The number of ketones is 1. The summed E-state index contributed by atoms with van der Waals surface area (Å²) in [5, 5.41) is 3.33. The Balaban J connectivity index is 2.31. The normalized spacial score (nSPS) is 20.5. The van der Waals surface area contributed by atoms with Crippen LogP contribution in [0.25, 0.3) is 0 Å². The van der Waals surface area contributed by atoms with Gasteiger partial charge in [0, 0.05) is 29.0 Å². The second-order valence-corrected chi connectivity index (χ2v) is 9.24. The van der Waals surface area contributed by atoms with Crippen molar-refractivity contribution in [2.45, 2.75) is 46.5 Å². The zero-order chi connectivity index (χ0) is 22.2. The van der Waals surface area contributed by atoms with Gasteiger partial charge in [-0.15, -0.1) is 0 Å². The van der Waals surface area contributed by atoms with Gasteiger partial charge in [0.2, 0.25) is 0 Å². The SMILES string of the molecule is CCOC(=O)C1=C(C)NC2=C(C(=O)CC(C)(C)C2)C1c1cc(OC)cc(Br)c1OC. The molecule has 1 aliphatic heterocycles. The summed E-state index contributed by atoms with van der Waals surface area (Å²) in [5.74, 6) is 0.126. The van der Waals surface area contributed by atoms with Gasteiger partial charge in [-0.3, -0.25) is 4.79 Å². The average molecular weight is 478 g/mol. The highest BCUT2D eigenvalue weighted by atomic mass is 79.9. The molecule has 2 aliphatic rings. The highest BCUT2D eigenvalue weighted by Gasteiger charge is 2.44. The van der Waals surface area contributed by atoms with Crippen molar-refractivity contribution in [3.8, 4) is 11.5 Å². The molecule has 1 aromatic carbocycles. The Labute approximate surface area is 185 Å². The summed E-state index contributed by atoms with van der Waals surface area (Å²) in [7, 11) is 3.14. The predicted octanol–water partition coefficient (Wildman–Crippen LogP) is 4.63. The molecule has 0 spiro atoms. The van der Waals surface area contributed by atoms with Crippen LogP contribution >= 0.6 is 15.9 Å². The van der Waals surface area contributed by atoms with E-state index in [4.69, 9.17) is 14.2 Å². The van der Waals surface area contributed by atoms with Crippen molar-refractivity contribution in [1.82, 2.24) is 5.32 Å². The quantitative estimate of drug-likeness (QED) is 0.622. The van der Waals surface area contributed by atoms with Gasteiger partial charge in [0.05, 0.1) is 36.8 Å². The first kappa shape index (κ1) is 22.4. The number of Topliss-reactive ketones (excluding diaryl/α,β-unsaturated/α-hetero) is 1. The largest absolute Gasteiger partial charge is 0.497 e. The summed E-state index contributed by atoms with van der Waals surface area (Å²) in [6.07, 6.45) is 1.12. The summed E-state index contributed by atoms with van der Waals surface area (Å²) in [5.41, 5.74) is 3.09. The third-order valence-electron chi connectivity index (χ3n) is 5.53. The molecule has 0 saturated carbocycles. The molecule has 30 heavy (non-hydrogen) atoms. The van der Waals surface area contributed by atoms with Gasteiger partial charge in [-0.05, 0) is 53.7 Å². The molecule has 1 aromatic rings. The molecule has 0 aromatic heterocycles. The van der Waals surface area contributed by atoms with E-state index in [0.29, 0.717) is 51.2 Å². The molecule has 1 aliphatic carbocycles. The first-order chi connectivity index (χ1) is 14.1. The van der Waals surface area contributed by atoms with E-state index in [0.717, 1.165) is 5.70 Å². The van der Waals surface area contributed by atoms with Gasteiger partial charge < -0.3 is 19.5 Å². The predicted molar refractivity (Wildman–Crippen MR) is 118 cm³/mol. The Hall–Kier alpha value is -2.28. The average Bonchev–Trinajstić information content (AvgIpc) is 2.65. The number of hydrogen-bond donors (Lipinski definition) is 1. The van der Waals surface area contributed by atoms with Crippen molar-refractivity contribution in [2.75, 3.05) is 20.8 Å². The molecule has 0 saturated heterocycles. The fourth-order valence-corrected chi connectivity index (χ4v) is 4.98. The van der Waals surface area contributed by atoms with E-state index in [1.165, 1.54) is 0 Å². The molecular formula is C23H28BrNO5. The molecule has 1 heterocycles. The van der Waals surface area contributed by atoms with Crippen LogP contribution < -0.4 is 14.8 Å². The molecule has 0 fully saturated rings. The molecule has 3 rings (SSSR count). The van der Waals surface area contributed by atoms with Crippen molar-refractivity contribution >= 4 is 27.7 Å². The van der Waals surface area contributed by atoms with Gasteiger partial charge in [-0.25, -0.2) is 4.79 Å². The van der Waals surface area contributed by atoms with Gasteiger partial charge in [0.1, 0.15) is 11.5 Å². The Morgan fingerprint density at radius 3 is 2.53 bits per heavy atom. The summed E-state index contributed by atoms with van der Waals surface area (Å²) < 4.78 is 17.2. The highest BCUT2D eigenvalue weighted by molar-refractivity contribution is 9.10. The van der Waals surface area contributed by atoms with Crippen LogP contribution in [0.5, 0.6) is 11.5 Å². The monoisotopic (exact) mass is 477 g/mol. The zero-order valence-electron chi connectivity index (χ0n) is 18.3. The smallest absolute Gasteiger partial charge is 0.336 e. The Bertz CT molecular complexity index is 961. The summed E-state index contributed by atoms with van der Waals surface area (Å²) >= 11 is 3.54. The maximum absolute atomic E-state index is 13.3. The fraction of sp³-hybridized carbons (Fsp3) is 0.478. The topological polar surface area (TPSA) is 73.9 Å². The molecule has 7 heteroatoms. The van der Waals surface area contributed by atoms with Crippen LogP contribution in [0.1, 0.15) is 52.0 Å². The molecule has 6 nitrogen and oxygen atoms in total. The zero-order valence-corrected chi connectivity index (χ0v) is 19.9. The maximum Gasteiger partial charge on any atom is 0.336 e. The number of benzene rings is 1. The van der Waals surface area contributed by atoms with Gasteiger partial charge in [0.15, 0.2) is 5.78 Å². The summed E-state index contributed by atoms with van der Waals surface area (Å²) in [4.78, 5) is 26.3. The number of nitrogens with one attached hydrogen (secondary N) is 1. The van der Waals surface area contributed by atoms with Crippen molar-refractivity contribution in [3.63, 3.8) is 0 Å². The third kappa shape index (κ3) is 4.00. The number of halogens is 1. The van der Waals surface area contributed by atoms with E-state index in [1.54, 1.807) is 27.2 Å². The summed E-state index contributed by atoms with van der Waals surface area (Å²) in [6.45, 7) is 8.01. The van der Waals surface area contributed by atoms with Crippen LogP contribution in [0.2, 0.25) is 0 Å². The van der Waals surface area contributed by atoms with Crippen molar-refractivity contribution in [3.05, 3.63) is 44.7 Å². The molecule has 162 valence electrons. The molecule has 1 unspecified atom stereocenters. The van der Waals surface area contributed by atoms with Crippen LogP contribution in [-0.4, -0.2) is 32.6 Å². The number of hydrogen-bond acceptors (Lipinski definition) is 6.